The highest BCUT2D eigenvalue weighted by atomic mass is 19.4. The summed E-state index contributed by atoms with van der Waals surface area (Å²) in [4.78, 5) is 24.6. The van der Waals surface area contributed by atoms with Gasteiger partial charge in [0.2, 0.25) is 6.10 Å². The van der Waals surface area contributed by atoms with E-state index in [-0.39, 0.29) is 12.3 Å². The number of alkyl halides is 3. The molecule has 0 aliphatic carbocycles. The molecule has 3 aromatic rings. The number of nitrogens with zero attached hydrogens (tertiary/aromatic N) is 3. The first-order valence-electron chi connectivity index (χ1n) is 9.01. The van der Waals surface area contributed by atoms with E-state index in [1.165, 1.54) is 0 Å². The zero-order valence-corrected chi connectivity index (χ0v) is 15.9. The molecular weight excluding hydrogens is 438 g/mol. The number of hydrogen-bond donors (Lipinski definition) is 2. The van der Waals surface area contributed by atoms with Gasteiger partial charge in [-0.3, -0.25) is 20.4 Å². The molecule has 2 amide bonds. The first-order valence-corrected chi connectivity index (χ1v) is 9.01. The molecule has 2 aromatic carbocycles. The van der Waals surface area contributed by atoms with Crippen LogP contribution in [0.4, 0.5) is 17.6 Å². The number of aromatic nitrogens is 3. The molecule has 0 spiro atoms. The van der Waals surface area contributed by atoms with Crippen LogP contribution in [-0.4, -0.2) is 39.5 Å². The Morgan fingerprint density at radius 1 is 1.03 bits per heavy atom. The van der Waals surface area contributed by atoms with Crippen LogP contribution in [0, 0.1) is 5.82 Å². The third kappa shape index (κ3) is 4.17. The Balaban J connectivity index is 1.49. The maximum atomic E-state index is 13.6. The van der Waals surface area contributed by atoms with Gasteiger partial charge >= 0.3 is 6.18 Å². The summed E-state index contributed by atoms with van der Waals surface area (Å²) >= 11 is 0. The molecule has 4 rings (SSSR count). The van der Waals surface area contributed by atoms with Gasteiger partial charge in [-0.2, -0.15) is 13.2 Å². The van der Waals surface area contributed by atoms with Gasteiger partial charge in [0, 0.05) is 0 Å². The Morgan fingerprint density at radius 2 is 1.72 bits per heavy atom. The Bertz CT molecular complexity index is 1160. The smallest absolute Gasteiger partial charge is 0.435 e. The van der Waals surface area contributed by atoms with Gasteiger partial charge in [0.1, 0.15) is 12.4 Å². The number of carbonyl (C=O) groups is 2. The van der Waals surface area contributed by atoms with Crippen LogP contribution < -0.4 is 20.3 Å². The topological polar surface area (TPSA) is 107 Å². The van der Waals surface area contributed by atoms with Gasteiger partial charge in [-0.1, -0.05) is 17.3 Å². The predicted molar refractivity (Wildman–Crippen MR) is 98.3 cm³/mol. The number of nitrogens with one attached hydrogen (secondary N) is 2. The number of rotatable bonds is 3. The van der Waals surface area contributed by atoms with Crippen molar-refractivity contribution in [3.8, 4) is 17.2 Å². The minimum atomic E-state index is -5.03. The fraction of sp³-hybridized carbons (Fsp3) is 0.158. The molecule has 1 aromatic heterocycles. The molecule has 13 heteroatoms. The number of para-hydroxylation sites is 2. The lowest BCUT2D eigenvalue weighted by Gasteiger charge is -2.25. The van der Waals surface area contributed by atoms with E-state index in [4.69, 9.17) is 9.47 Å². The van der Waals surface area contributed by atoms with Crippen molar-refractivity contribution in [2.75, 3.05) is 6.61 Å². The number of amides is 2. The third-order valence-electron chi connectivity index (χ3n) is 4.33. The molecule has 32 heavy (non-hydrogen) atoms. The summed E-state index contributed by atoms with van der Waals surface area (Å²) in [6.07, 6.45) is -6.18. The third-order valence-corrected chi connectivity index (χ3v) is 4.33. The number of ether oxygens (including phenoxy) is 2. The molecule has 1 aliphatic heterocycles. The SMILES string of the molecule is O=C(NNC(=O)C1COc2ccccc2O1)c1nnn(-c2ccc(F)cc2)c1C(F)(F)F. The minimum absolute atomic E-state index is 0.166. The maximum absolute atomic E-state index is 13.6. The van der Waals surface area contributed by atoms with Gasteiger partial charge in [0.05, 0.1) is 5.69 Å². The summed E-state index contributed by atoms with van der Waals surface area (Å²) in [5, 5.41) is 6.63. The van der Waals surface area contributed by atoms with E-state index in [9.17, 15) is 27.2 Å². The van der Waals surface area contributed by atoms with Gasteiger partial charge in [-0.05, 0) is 36.4 Å². The molecule has 2 N–H and O–H groups in total. The van der Waals surface area contributed by atoms with Crippen LogP contribution in [0.25, 0.3) is 5.69 Å². The van der Waals surface area contributed by atoms with E-state index < -0.39 is 41.3 Å². The second-order valence-electron chi connectivity index (χ2n) is 6.48. The van der Waals surface area contributed by atoms with Crippen LogP contribution in [0.2, 0.25) is 0 Å². The Hall–Kier alpha value is -4.16. The van der Waals surface area contributed by atoms with Crippen LogP contribution in [0.1, 0.15) is 16.2 Å². The molecule has 0 saturated carbocycles. The van der Waals surface area contributed by atoms with Crippen molar-refractivity contribution < 1.29 is 36.6 Å². The van der Waals surface area contributed by atoms with Gasteiger partial charge in [-0.25, -0.2) is 9.07 Å². The summed E-state index contributed by atoms with van der Waals surface area (Å²) in [7, 11) is 0. The average molecular weight is 451 g/mol. The second-order valence-corrected chi connectivity index (χ2v) is 6.48. The first kappa shape index (κ1) is 21.1. The number of carbonyl (C=O) groups excluding carboxylic acids is 2. The zero-order valence-electron chi connectivity index (χ0n) is 15.9. The molecule has 0 bridgehead atoms. The van der Waals surface area contributed by atoms with Gasteiger partial charge < -0.3 is 9.47 Å². The highest BCUT2D eigenvalue weighted by molar-refractivity contribution is 5.95. The van der Waals surface area contributed by atoms with Gasteiger partial charge in [0.15, 0.2) is 22.9 Å². The van der Waals surface area contributed by atoms with Crippen molar-refractivity contribution in [3.05, 3.63) is 65.7 Å². The number of benzene rings is 2. The van der Waals surface area contributed by atoms with E-state index in [2.05, 4.69) is 10.3 Å². The van der Waals surface area contributed by atoms with Crippen LogP contribution in [0.5, 0.6) is 11.5 Å². The summed E-state index contributed by atoms with van der Waals surface area (Å²) in [5.74, 6) is -2.16. The maximum Gasteiger partial charge on any atom is 0.435 e. The summed E-state index contributed by atoms with van der Waals surface area (Å²) in [6.45, 7) is -0.173. The molecule has 2 heterocycles. The molecule has 0 radical (unpaired) electrons. The van der Waals surface area contributed by atoms with Gasteiger partial charge in [0.25, 0.3) is 11.8 Å². The quantitative estimate of drug-likeness (QED) is 0.466. The lowest BCUT2D eigenvalue weighted by atomic mass is 10.2. The monoisotopic (exact) mass is 451 g/mol. The Morgan fingerprint density at radius 3 is 2.41 bits per heavy atom. The molecular formula is C19H13F4N5O4. The van der Waals surface area contributed by atoms with Crippen molar-refractivity contribution in [1.82, 2.24) is 25.8 Å². The van der Waals surface area contributed by atoms with E-state index >= 15 is 0 Å². The van der Waals surface area contributed by atoms with Crippen LogP contribution >= 0.6 is 0 Å². The van der Waals surface area contributed by atoms with E-state index in [1.807, 2.05) is 10.9 Å². The van der Waals surface area contributed by atoms with Crippen molar-refractivity contribution in [2.24, 2.45) is 0 Å². The number of fused-ring (bicyclic) bond motifs is 1. The largest absolute Gasteiger partial charge is 0.485 e. The Kier molecular flexibility index (Phi) is 5.38. The lowest BCUT2D eigenvalue weighted by molar-refractivity contribution is -0.143. The molecule has 0 saturated heterocycles. The molecule has 0 fully saturated rings. The van der Waals surface area contributed by atoms with Crippen LogP contribution in [0.15, 0.2) is 48.5 Å². The van der Waals surface area contributed by atoms with Crippen molar-refractivity contribution in [2.45, 2.75) is 12.3 Å². The molecule has 166 valence electrons. The predicted octanol–water partition coefficient (Wildman–Crippen LogP) is 2.03. The lowest BCUT2D eigenvalue weighted by Crippen LogP contribution is -2.51. The summed E-state index contributed by atoms with van der Waals surface area (Å²) in [5.41, 5.74) is 1.08. The Labute approximate surface area is 176 Å². The van der Waals surface area contributed by atoms with Crippen LogP contribution in [-0.2, 0) is 11.0 Å². The highest BCUT2D eigenvalue weighted by Gasteiger charge is 2.42. The van der Waals surface area contributed by atoms with E-state index in [1.54, 1.807) is 24.3 Å². The van der Waals surface area contributed by atoms with Gasteiger partial charge in [-0.15, -0.1) is 5.10 Å². The fourth-order valence-corrected chi connectivity index (χ4v) is 2.86. The summed E-state index contributed by atoms with van der Waals surface area (Å²) in [6, 6.07) is 10.5. The van der Waals surface area contributed by atoms with E-state index in [0.29, 0.717) is 16.2 Å². The average Bonchev–Trinajstić information content (AvgIpc) is 3.23. The molecule has 9 nitrogen and oxygen atoms in total. The minimum Gasteiger partial charge on any atom is -0.485 e. The number of halogens is 4. The summed E-state index contributed by atoms with van der Waals surface area (Å²) < 4.78 is 65.1. The van der Waals surface area contributed by atoms with Crippen LogP contribution in [0.3, 0.4) is 0 Å². The zero-order chi connectivity index (χ0) is 22.9. The number of hydrazine groups is 1. The second kappa shape index (κ2) is 8.17. The van der Waals surface area contributed by atoms with Crippen molar-refractivity contribution in [1.29, 1.82) is 0 Å². The van der Waals surface area contributed by atoms with E-state index in [0.717, 1.165) is 24.3 Å². The number of hydrogen-bond acceptors (Lipinski definition) is 6. The standard InChI is InChI=1S/C19H13F4N5O4/c20-10-5-7-11(8-6-10)28-16(19(21,22)23)15(24-27-28)18(30)26-25-17(29)14-9-31-12-3-1-2-4-13(12)32-14/h1-8,14H,9H2,(H,25,29)(H,26,30). The molecule has 1 aliphatic rings. The normalized spacial score (nSPS) is 15.2. The molecule has 1 unspecified atom stereocenters. The molecule has 1 atom stereocenters. The first-order chi connectivity index (χ1) is 15.2. The highest BCUT2D eigenvalue weighted by Crippen LogP contribution is 2.33. The fourth-order valence-electron chi connectivity index (χ4n) is 2.86. The van der Waals surface area contributed by atoms with Crippen molar-refractivity contribution in [3.63, 3.8) is 0 Å². The van der Waals surface area contributed by atoms with Crippen molar-refractivity contribution >= 4 is 11.8 Å².